The van der Waals surface area contributed by atoms with E-state index in [2.05, 4.69) is 10.6 Å². The number of anilines is 1. The van der Waals surface area contributed by atoms with Gasteiger partial charge in [-0.1, -0.05) is 12.1 Å². The highest BCUT2D eigenvalue weighted by atomic mass is 35.5. The van der Waals surface area contributed by atoms with E-state index >= 15 is 0 Å². The van der Waals surface area contributed by atoms with E-state index < -0.39 is 4.92 Å². The Morgan fingerprint density at radius 1 is 1.25 bits per heavy atom. The van der Waals surface area contributed by atoms with Gasteiger partial charge in [-0.05, 0) is 37.2 Å². The summed E-state index contributed by atoms with van der Waals surface area (Å²) in [5.74, 6) is 0.882. The SMILES string of the molecule is Cl.NC1C2CCC(C2)C1C(=O)NCCNc1ccccc1[N+](=O)[O-]. The van der Waals surface area contributed by atoms with E-state index in [0.29, 0.717) is 30.6 Å². The maximum Gasteiger partial charge on any atom is 0.292 e. The van der Waals surface area contributed by atoms with Gasteiger partial charge in [0.1, 0.15) is 5.69 Å². The molecule has 2 fully saturated rings. The van der Waals surface area contributed by atoms with E-state index in [9.17, 15) is 14.9 Å². The average molecular weight is 355 g/mol. The lowest BCUT2D eigenvalue weighted by molar-refractivity contribution is -0.384. The van der Waals surface area contributed by atoms with Gasteiger partial charge in [0, 0.05) is 25.2 Å². The molecule has 0 aromatic heterocycles. The standard InChI is InChI=1S/C16H22N4O3.ClH/c17-15-11-6-5-10(9-11)14(15)16(21)19-8-7-18-12-3-1-2-4-13(12)20(22)23;/h1-4,10-11,14-15,18H,5-9,17H2,(H,19,21);1H. The zero-order chi connectivity index (χ0) is 16.4. The molecule has 132 valence electrons. The number of carbonyl (C=O) groups is 1. The first-order valence-corrected chi connectivity index (χ1v) is 8.08. The molecule has 0 aliphatic heterocycles. The summed E-state index contributed by atoms with van der Waals surface area (Å²) in [6, 6.07) is 6.46. The molecule has 0 heterocycles. The molecule has 1 aromatic carbocycles. The van der Waals surface area contributed by atoms with Crippen LogP contribution in [0, 0.1) is 27.9 Å². The zero-order valence-corrected chi connectivity index (χ0v) is 14.1. The number of amides is 1. The van der Waals surface area contributed by atoms with Crippen LogP contribution in [0.4, 0.5) is 11.4 Å². The van der Waals surface area contributed by atoms with E-state index in [-0.39, 0.29) is 36.0 Å². The minimum absolute atomic E-state index is 0. The first-order chi connectivity index (χ1) is 11.1. The fraction of sp³-hybridized carbons (Fsp3) is 0.562. The largest absolute Gasteiger partial charge is 0.378 e. The lowest BCUT2D eigenvalue weighted by atomic mass is 9.84. The van der Waals surface area contributed by atoms with Gasteiger partial charge in [0.25, 0.3) is 5.69 Å². The number of nitro benzene ring substituents is 1. The highest BCUT2D eigenvalue weighted by Gasteiger charge is 2.48. The molecule has 1 aromatic rings. The Kier molecular flexibility index (Phi) is 6.01. The molecule has 2 aliphatic carbocycles. The summed E-state index contributed by atoms with van der Waals surface area (Å²) in [5, 5.41) is 16.8. The Morgan fingerprint density at radius 2 is 1.96 bits per heavy atom. The predicted molar refractivity (Wildman–Crippen MR) is 94.1 cm³/mol. The molecule has 0 spiro atoms. The molecule has 4 atom stereocenters. The van der Waals surface area contributed by atoms with Crippen LogP contribution >= 0.6 is 12.4 Å². The van der Waals surface area contributed by atoms with Crippen LogP contribution in [0.2, 0.25) is 0 Å². The molecule has 1 amide bonds. The fourth-order valence-electron chi connectivity index (χ4n) is 4.01. The summed E-state index contributed by atoms with van der Waals surface area (Å²) in [4.78, 5) is 22.8. The van der Waals surface area contributed by atoms with Gasteiger partial charge < -0.3 is 16.4 Å². The molecule has 7 nitrogen and oxygen atoms in total. The van der Waals surface area contributed by atoms with Gasteiger partial charge in [-0.3, -0.25) is 14.9 Å². The maximum atomic E-state index is 12.3. The van der Waals surface area contributed by atoms with E-state index in [0.717, 1.165) is 19.3 Å². The number of nitro groups is 1. The van der Waals surface area contributed by atoms with Crippen molar-refractivity contribution in [1.82, 2.24) is 5.32 Å². The number of hydrogen-bond acceptors (Lipinski definition) is 5. The fourth-order valence-corrected chi connectivity index (χ4v) is 4.01. The number of nitrogens with one attached hydrogen (secondary N) is 2. The average Bonchev–Trinajstić information content (AvgIpc) is 3.12. The Balaban J connectivity index is 0.00000208. The first kappa shape index (κ1) is 18.5. The van der Waals surface area contributed by atoms with Crippen molar-refractivity contribution in [2.75, 3.05) is 18.4 Å². The van der Waals surface area contributed by atoms with Crippen molar-refractivity contribution in [3.63, 3.8) is 0 Å². The molecule has 0 saturated heterocycles. The third-order valence-corrected chi connectivity index (χ3v) is 5.12. The van der Waals surface area contributed by atoms with Crippen molar-refractivity contribution in [1.29, 1.82) is 0 Å². The second-order valence-corrected chi connectivity index (χ2v) is 6.43. The molecule has 0 radical (unpaired) electrons. The summed E-state index contributed by atoms with van der Waals surface area (Å²) in [5.41, 5.74) is 6.66. The lowest BCUT2D eigenvalue weighted by Gasteiger charge is -2.27. The Bertz CT molecular complexity index is 611. The van der Waals surface area contributed by atoms with Crippen LogP contribution in [0.3, 0.4) is 0 Å². The smallest absolute Gasteiger partial charge is 0.292 e. The topological polar surface area (TPSA) is 110 Å². The third kappa shape index (κ3) is 3.62. The van der Waals surface area contributed by atoms with Crippen LogP contribution in [0.5, 0.6) is 0 Å². The molecule has 2 saturated carbocycles. The highest BCUT2D eigenvalue weighted by Crippen LogP contribution is 2.47. The van der Waals surface area contributed by atoms with Gasteiger partial charge in [0.05, 0.1) is 10.8 Å². The van der Waals surface area contributed by atoms with Crippen molar-refractivity contribution >= 4 is 29.7 Å². The van der Waals surface area contributed by atoms with Crippen molar-refractivity contribution in [3.8, 4) is 0 Å². The second-order valence-electron chi connectivity index (χ2n) is 6.43. The van der Waals surface area contributed by atoms with E-state index in [1.807, 2.05) is 0 Å². The van der Waals surface area contributed by atoms with Crippen molar-refractivity contribution in [3.05, 3.63) is 34.4 Å². The van der Waals surface area contributed by atoms with Gasteiger partial charge >= 0.3 is 0 Å². The van der Waals surface area contributed by atoms with Gasteiger partial charge in [0.15, 0.2) is 0 Å². The Morgan fingerprint density at radius 3 is 2.62 bits per heavy atom. The molecule has 4 N–H and O–H groups in total. The zero-order valence-electron chi connectivity index (χ0n) is 13.3. The van der Waals surface area contributed by atoms with Crippen molar-refractivity contribution in [2.24, 2.45) is 23.5 Å². The minimum Gasteiger partial charge on any atom is -0.378 e. The number of carbonyl (C=O) groups excluding carboxylic acids is 1. The summed E-state index contributed by atoms with van der Waals surface area (Å²) in [6.45, 7) is 0.859. The summed E-state index contributed by atoms with van der Waals surface area (Å²) in [7, 11) is 0. The van der Waals surface area contributed by atoms with Crippen molar-refractivity contribution in [2.45, 2.75) is 25.3 Å². The molecule has 4 unspecified atom stereocenters. The predicted octanol–water partition coefficient (Wildman–Crippen LogP) is 1.92. The molecule has 3 rings (SSSR count). The summed E-state index contributed by atoms with van der Waals surface area (Å²) < 4.78 is 0. The first-order valence-electron chi connectivity index (χ1n) is 8.08. The number of nitrogens with two attached hydrogens (primary N) is 1. The Hall–Kier alpha value is -1.86. The van der Waals surface area contributed by atoms with E-state index in [1.54, 1.807) is 18.2 Å². The highest BCUT2D eigenvalue weighted by molar-refractivity contribution is 5.85. The van der Waals surface area contributed by atoms with Gasteiger partial charge in [0.2, 0.25) is 5.91 Å². The van der Waals surface area contributed by atoms with E-state index in [1.165, 1.54) is 6.07 Å². The number of fused-ring (bicyclic) bond motifs is 2. The summed E-state index contributed by atoms with van der Waals surface area (Å²) >= 11 is 0. The van der Waals surface area contributed by atoms with Gasteiger partial charge in [-0.15, -0.1) is 12.4 Å². The quantitative estimate of drug-likeness (QED) is 0.410. The van der Waals surface area contributed by atoms with Crippen LogP contribution in [0.25, 0.3) is 0 Å². The molecule has 24 heavy (non-hydrogen) atoms. The van der Waals surface area contributed by atoms with Crippen molar-refractivity contribution < 1.29 is 9.72 Å². The maximum absolute atomic E-state index is 12.3. The minimum atomic E-state index is -0.421. The number of nitrogens with zero attached hydrogens (tertiary/aromatic N) is 1. The Labute approximate surface area is 146 Å². The lowest BCUT2D eigenvalue weighted by Crippen LogP contribution is -2.46. The molecular weight excluding hydrogens is 332 g/mol. The normalized spacial score (nSPS) is 27.4. The molecule has 2 aliphatic rings. The number of halogens is 1. The number of benzene rings is 1. The van der Waals surface area contributed by atoms with Crippen LogP contribution in [-0.2, 0) is 4.79 Å². The number of hydrogen-bond donors (Lipinski definition) is 3. The van der Waals surface area contributed by atoms with E-state index in [4.69, 9.17) is 5.73 Å². The number of para-hydroxylation sites is 2. The molecule has 2 bridgehead atoms. The molecule has 8 heteroatoms. The van der Waals surface area contributed by atoms with Gasteiger partial charge in [-0.2, -0.15) is 0 Å². The second kappa shape index (κ2) is 7.81. The van der Waals surface area contributed by atoms with Gasteiger partial charge in [-0.25, -0.2) is 0 Å². The van der Waals surface area contributed by atoms with Crippen LogP contribution in [-0.4, -0.2) is 30.0 Å². The monoisotopic (exact) mass is 354 g/mol. The number of rotatable bonds is 6. The molecular formula is C16H23ClN4O3. The van der Waals surface area contributed by atoms with Crippen LogP contribution in [0.15, 0.2) is 24.3 Å². The third-order valence-electron chi connectivity index (χ3n) is 5.12. The van der Waals surface area contributed by atoms with Crippen LogP contribution < -0.4 is 16.4 Å². The summed E-state index contributed by atoms with van der Waals surface area (Å²) in [6.07, 6.45) is 3.33. The van der Waals surface area contributed by atoms with Crippen LogP contribution in [0.1, 0.15) is 19.3 Å².